The molecule has 0 amide bonds. The van der Waals surface area contributed by atoms with Crippen molar-refractivity contribution in [1.29, 1.82) is 0 Å². The van der Waals surface area contributed by atoms with Crippen molar-refractivity contribution in [2.24, 2.45) is 5.16 Å². The Hall–Kier alpha value is -2.95. The molecule has 5 heteroatoms. The van der Waals surface area contributed by atoms with Gasteiger partial charge in [-0.1, -0.05) is 29.4 Å². The van der Waals surface area contributed by atoms with Gasteiger partial charge in [0.25, 0.3) is 0 Å². The van der Waals surface area contributed by atoms with Crippen LogP contribution in [0.3, 0.4) is 0 Å². The van der Waals surface area contributed by atoms with E-state index in [1.54, 1.807) is 6.21 Å². The third-order valence-electron chi connectivity index (χ3n) is 4.08. The predicted molar refractivity (Wildman–Crippen MR) is 113 cm³/mol. The van der Waals surface area contributed by atoms with Gasteiger partial charge in [-0.25, -0.2) is 0 Å². The van der Waals surface area contributed by atoms with Crippen LogP contribution in [-0.4, -0.2) is 33.1 Å². The molecule has 0 N–H and O–H groups in total. The fourth-order valence-electron chi connectivity index (χ4n) is 2.72. The first-order chi connectivity index (χ1) is 13.6. The van der Waals surface area contributed by atoms with Crippen LogP contribution in [0.1, 0.15) is 23.6 Å². The third kappa shape index (κ3) is 6.99. The van der Waals surface area contributed by atoms with Gasteiger partial charge < -0.3 is 19.0 Å². The summed E-state index contributed by atoms with van der Waals surface area (Å²) >= 11 is 0. The fourth-order valence-corrected chi connectivity index (χ4v) is 2.72. The maximum atomic E-state index is 6.04. The topological polar surface area (TPSA) is 49.3 Å². The lowest BCUT2D eigenvalue weighted by Crippen LogP contribution is -2.05. The van der Waals surface area contributed by atoms with Crippen molar-refractivity contribution in [3.05, 3.63) is 65.2 Å². The monoisotopic (exact) mass is 383 g/mol. The number of allylic oxidation sites excluding steroid dienone is 1. The first kappa shape index (κ1) is 21.4. The van der Waals surface area contributed by atoms with Gasteiger partial charge in [-0.05, 0) is 61.7 Å². The molecule has 0 aromatic heterocycles. The summed E-state index contributed by atoms with van der Waals surface area (Å²) < 4.78 is 17.3. The van der Waals surface area contributed by atoms with Crippen molar-refractivity contribution < 1.29 is 19.0 Å². The van der Waals surface area contributed by atoms with Gasteiger partial charge in [-0.15, -0.1) is 0 Å². The first-order valence-corrected chi connectivity index (χ1v) is 9.38. The molecule has 0 heterocycles. The van der Waals surface area contributed by atoms with Gasteiger partial charge in [-0.2, -0.15) is 0 Å². The molecule has 0 unspecified atom stereocenters. The van der Waals surface area contributed by atoms with E-state index in [4.69, 9.17) is 14.2 Å². The number of rotatable bonds is 11. The van der Waals surface area contributed by atoms with E-state index < -0.39 is 0 Å². The van der Waals surface area contributed by atoms with Gasteiger partial charge in [0.1, 0.15) is 37.6 Å². The van der Waals surface area contributed by atoms with Crippen LogP contribution in [0, 0.1) is 13.8 Å². The number of nitrogens with zero attached hydrogens (tertiary/aromatic N) is 1. The van der Waals surface area contributed by atoms with Crippen LogP contribution in [0.5, 0.6) is 17.2 Å². The molecule has 0 aliphatic carbocycles. The van der Waals surface area contributed by atoms with Crippen LogP contribution < -0.4 is 14.2 Å². The molecule has 0 atom stereocenters. The van der Waals surface area contributed by atoms with Gasteiger partial charge in [-0.3, -0.25) is 0 Å². The lowest BCUT2D eigenvalue weighted by atomic mass is 10.1. The largest absolute Gasteiger partial charge is 0.493 e. The Morgan fingerprint density at radius 2 is 1.57 bits per heavy atom. The van der Waals surface area contributed by atoms with E-state index in [0.717, 1.165) is 34.8 Å². The third-order valence-corrected chi connectivity index (χ3v) is 4.08. The highest BCUT2D eigenvalue weighted by molar-refractivity contribution is 5.58. The second-order valence-corrected chi connectivity index (χ2v) is 6.29. The minimum atomic E-state index is 0.378. The normalized spacial score (nSPS) is 11.1. The average molecular weight is 383 g/mol. The molecule has 28 heavy (non-hydrogen) atoms. The number of hydrogen-bond acceptors (Lipinski definition) is 5. The predicted octanol–water partition coefficient (Wildman–Crippen LogP) is 4.89. The van der Waals surface area contributed by atoms with Gasteiger partial charge >= 0.3 is 0 Å². The summed E-state index contributed by atoms with van der Waals surface area (Å²) in [5, 5.41) is 3.63. The van der Waals surface area contributed by atoms with Crippen molar-refractivity contribution in [3.63, 3.8) is 0 Å². The van der Waals surface area contributed by atoms with Gasteiger partial charge in [0.15, 0.2) is 0 Å². The summed E-state index contributed by atoms with van der Waals surface area (Å²) in [5.74, 6) is 2.59. The zero-order valence-corrected chi connectivity index (χ0v) is 17.1. The minimum Gasteiger partial charge on any atom is -0.493 e. The molecular formula is C23H29NO4. The highest BCUT2D eigenvalue weighted by atomic mass is 16.6. The Bertz CT molecular complexity index is 759. The van der Waals surface area contributed by atoms with Crippen LogP contribution in [0.2, 0.25) is 0 Å². The Morgan fingerprint density at radius 3 is 2.21 bits per heavy atom. The van der Waals surface area contributed by atoms with E-state index in [0.29, 0.717) is 19.8 Å². The van der Waals surface area contributed by atoms with Crippen molar-refractivity contribution >= 4 is 6.21 Å². The number of aryl methyl sites for hydroxylation is 2. The van der Waals surface area contributed by atoms with E-state index in [9.17, 15) is 0 Å². The van der Waals surface area contributed by atoms with E-state index in [2.05, 4.69) is 9.99 Å². The van der Waals surface area contributed by atoms with Gasteiger partial charge in [0.2, 0.25) is 0 Å². The highest BCUT2D eigenvalue weighted by Gasteiger charge is 2.07. The quantitative estimate of drug-likeness (QED) is 0.315. The molecule has 2 rings (SSSR count). The standard InChI is InChI=1S/C23H29NO4/c1-5-6-13-26-22-16-18(2)23(19(3)17-22)28-14-11-20-7-9-21(10-8-20)27-15-12-24-25-4/h5-10,12,16-17H,11,13-15H2,1-4H3/b6-5+,24-12+. The van der Waals surface area contributed by atoms with Crippen LogP contribution in [0.25, 0.3) is 0 Å². The molecule has 0 bridgehead atoms. The van der Waals surface area contributed by atoms with Crippen LogP contribution in [0.15, 0.2) is 53.7 Å². The Morgan fingerprint density at radius 1 is 0.893 bits per heavy atom. The number of oxime groups is 1. The molecule has 0 radical (unpaired) electrons. The summed E-state index contributed by atoms with van der Waals surface area (Å²) in [6, 6.07) is 12.0. The molecule has 0 fully saturated rings. The molecule has 0 aliphatic heterocycles. The van der Waals surface area contributed by atoms with Gasteiger partial charge in [0, 0.05) is 6.42 Å². The molecule has 150 valence electrons. The first-order valence-electron chi connectivity index (χ1n) is 9.38. The zero-order chi connectivity index (χ0) is 20.2. The molecule has 2 aromatic carbocycles. The van der Waals surface area contributed by atoms with Gasteiger partial charge in [0.05, 0.1) is 12.8 Å². The molecule has 5 nitrogen and oxygen atoms in total. The van der Waals surface area contributed by atoms with E-state index in [-0.39, 0.29) is 0 Å². The average Bonchev–Trinajstić information content (AvgIpc) is 2.69. The number of ether oxygens (including phenoxy) is 3. The second-order valence-electron chi connectivity index (χ2n) is 6.29. The minimum absolute atomic E-state index is 0.378. The molecular weight excluding hydrogens is 354 g/mol. The molecule has 0 saturated carbocycles. The highest BCUT2D eigenvalue weighted by Crippen LogP contribution is 2.28. The number of hydrogen-bond donors (Lipinski definition) is 0. The van der Waals surface area contributed by atoms with E-state index in [1.165, 1.54) is 12.7 Å². The Kier molecular flexibility index (Phi) is 8.92. The Balaban J connectivity index is 1.84. The zero-order valence-electron chi connectivity index (χ0n) is 17.1. The maximum Gasteiger partial charge on any atom is 0.127 e. The Labute approximate surface area is 167 Å². The van der Waals surface area contributed by atoms with Crippen molar-refractivity contribution in [1.82, 2.24) is 0 Å². The van der Waals surface area contributed by atoms with Crippen LogP contribution in [0.4, 0.5) is 0 Å². The summed E-state index contributed by atoms with van der Waals surface area (Å²) in [6.07, 6.45) is 6.36. The lowest BCUT2D eigenvalue weighted by Gasteiger charge is -2.14. The SMILES string of the molecule is C/C=C/COc1cc(C)c(OCCc2ccc(OC/C=N/OC)cc2)c(C)c1. The van der Waals surface area contributed by atoms with Crippen LogP contribution >= 0.6 is 0 Å². The van der Waals surface area contributed by atoms with Crippen LogP contribution in [-0.2, 0) is 11.3 Å². The molecule has 2 aromatic rings. The lowest BCUT2D eigenvalue weighted by molar-refractivity contribution is 0.212. The van der Waals surface area contributed by atoms with E-state index >= 15 is 0 Å². The van der Waals surface area contributed by atoms with Crippen molar-refractivity contribution in [2.75, 3.05) is 26.9 Å². The van der Waals surface area contributed by atoms with E-state index in [1.807, 2.05) is 69.3 Å². The molecule has 0 spiro atoms. The summed E-state index contributed by atoms with van der Waals surface area (Å²) in [5.41, 5.74) is 3.36. The molecule has 0 saturated heterocycles. The fraction of sp³-hybridized carbons (Fsp3) is 0.348. The van der Waals surface area contributed by atoms with Crippen molar-refractivity contribution in [2.45, 2.75) is 27.2 Å². The number of benzene rings is 2. The summed E-state index contributed by atoms with van der Waals surface area (Å²) in [4.78, 5) is 4.59. The molecule has 0 aliphatic rings. The van der Waals surface area contributed by atoms with Crippen molar-refractivity contribution in [3.8, 4) is 17.2 Å². The summed E-state index contributed by atoms with van der Waals surface area (Å²) in [6.45, 7) is 7.64. The summed E-state index contributed by atoms with van der Waals surface area (Å²) in [7, 11) is 1.50. The smallest absolute Gasteiger partial charge is 0.127 e. The second kappa shape index (κ2) is 11.7. The maximum absolute atomic E-state index is 6.04.